The van der Waals surface area contributed by atoms with E-state index < -0.39 is 0 Å². The highest BCUT2D eigenvalue weighted by molar-refractivity contribution is 6.06. The SMILES string of the molecule is Cc1ccccc1Cn1c(C(=O)Nc2ccc(N3CCCCC3)cc2)cc2occc21. The normalized spacial score (nSPS) is 14.2. The summed E-state index contributed by atoms with van der Waals surface area (Å²) in [5.41, 5.74) is 6.64. The van der Waals surface area contributed by atoms with Gasteiger partial charge in [0.2, 0.25) is 0 Å². The van der Waals surface area contributed by atoms with Gasteiger partial charge < -0.3 is 19.2 Å². The van der Waals surface area contributed by atoms with Gasteiger partial charge in [-0.05, 0) is 61.6 Å². The first kappa shape index (κ1) is 19.5. The molecule has 0 aliphatic carbocycles. The number of nitrogens with one attached hydrogen (secondary N) is 1. The van der Waals surface area contributed by atoms with Gasteiger partial charge in [0.25, 0.3) is 5.91 Å². The number of hydrogen-bond acceptors (Lipinski definition) is 3. The number of carbonyl (C=O) groups is 1. The van der Waals surface area contributed by atoms with Crippen LogP contribution in [0.3, 0.4) is 0 Å². The zero-order valence-electron chi connectivity index (χ0n) is 17.8. The second-order valence-electron chi connectivity index (χ2n) is 8.26. The summed E-state index contributed by atoms with van der Waals surface area (Å²) in [6, 6.07) is 20.2. The van der Waals surface area contributed by atoms with Crippen LogP contribution in [0.15, 0.2) is 71.3 Å². The number of piperidine rings is 1. The van der Waals surface area contributed by atoms with Gasteiger partial charge in [-0.15, -0.1) is 0 Å². The van der Waals surface area contributed by atoms with E-state index in [0.717, 1.165) is 29.9 Å². The minimum absolute atomic E-state index is 0.134. The average Bonchev–Trinajstić information content (AvgIpc) is 3.39. The van der Waals surface area contributed by atoms with E-state index in [1.807, 2.05) is 41.0 Å². The number of aromatic nitrogens is 1. The highest BCUT2D eigenvalue weighted by Crippen LogP contribution is 2.25. The number of benzene rings is 2. The quantitative estimate of drug-likeness (QED) is 0.448. The summed E-state index contributed by atoms with van der Waals surface area (Å²) >= 11 is 0. The van der Waals surface area contributed by atoms with Gasteiger partial charge in [-0.25, -0.2) is 0 Å². The first-order chi connectivity index (χ1) is 15.2. The molecule has 0 bridgehead atoms. The van der Waals surface area contributed by atoms with E-state index in [4.69, 9.17) is 4.42 Å². The number of fused-ring (bicyclic) bond motifs is 1. The van der Waals surface area contributed by atoms with Crippen molar-refractivity contribution in [1.82, 2.24) is 4.57 Å². The largest absolute Gasteiger partial charge is 0.463 e. The van der Waals surface area contributed by atoms with Gasteiger partial charge in [0.15, 0.2) is 5.58 Å². The molecule has 1 N–H and O–H groups in total. The van der Waals surface area contributed by atoms with Crippen molar-refractivity contribution >= 4 is 28.4 Å². The molecule has 0 saturated carbocycles. The summed E-state index contributed by atoms with van der Waals surface area (Å²) < 4.78 is 7.61. The maximum Gasteiger partial charge on any atom is 0.272 e. The summed E-state index contributed by atoms with van der Waals surface area (Å²) in [6.07, 6.45) is 5.48. The van der Waals surface area contributed by atoms with Crippen LogP contribution in [0.2, 0.25) is 0 Å². The fourth-order valence-corrected chi connectivity index (χ4v) is 4.40. The molecular formula is C26H27N3O2. The minimum atomic E-state index is -0.134. The van der Waals surface area contributed by atoms with Crippen molar-refractivity contribution in [1.29, 1.82) is 0 Å². The van der Waals surface area contributed by atoms with Crippen LogP contribution in [0.25, 0.3) is 11.1 Å². The van der Waals surface area contributed by atoms with Crippen LogP contribution in [-0.4, -0.2) is 23.6 Å². The van der Waals surface area contributed by atoms with E-state index in [1.165, 1.54) is 36.1 Å². The molecular weight excluding hydrogens is 386 g/mol. The number of amides is 1. The van der Waals surface area contributed by atoms with Crippen LogP contribution in [0.1, 0.15) is 40.9 Å². The molecule has 5 rings (SSSR count). The first-order valence-electron chi connectivity index (χ1n) is 11.0. The maximum absolute atomic E-state index is 13.2. The van der Waals surface area contributed by atoms with E-state index in [0.29, 0.717) is 12.2 Å². The summed E-state index contributed by atoms with van der Waals surface area (Å²) in [4.78, 5) is 15.6. The molecule has 0 spiro atoms. The van der Waals surface area contributed by atoms with Gasteiger partial charge in [0.1, 0.15) is 5.69 Å². The summed E-state index contributed by atoms with van der Waals surface area (Å²) in [7, 11) is 0. The van der Waals surface area contributed by atoms with Crippen molar-refractivity contribution in [3.8, 4) is 0 Å². The van der Waals surface area contributed by atoms with Crippen molar-refractivity contribution in [2.24, 2.45) is 0 Å². The molecule has 1 amide bonds. The lowest BCUT2D eigenvalue weighted by Crippen LogP contribution is -2.29. The first-order valence-corrected chi connectivity index (χ1v) is 11.0. The third-order valence-electron chi connectivity index (χ3n) is 6.19. The van der Waals surface area contributed by atoms with Crippen molar-refractivity contribution < 1.29 is 9.21 Å². The van der Waals surface area contributed by atoms with E-state index >= 15 is 0 Å². The van der Waals surface area contributed by atoms with Gasteiger partial charge in [-0.1, -0.05) is 24.3 Å². The lowest BCUT2D eigenvalue weighted by Gasteiger charge is -2.28. The molecule has 4 aromatic rings. The molecule has 5 nitrogen and oxygen atoms in total. The zero-order valence-corrected chi connectivity index (χ0v) is 17.8. The Morgan fingerprint density at radius 3 is 2.55 bits per heavy atom. The summed E-state index contributed by atoms with van der Waals surface area (Å²) in [6.45, 7) is 4.93. The molecule has 0 unspecified atom stereocenters. The van der Waals surface area contributed by atoms with Crippen LogP contribution < -0.4 is 10.2 Å². The number of aryl methyl sites for hydroxylation is 1. The van der Waals surface area contributed by atoms with Gasteiger partial charge in [-0.3, -0.25) is 4.79 Å². The molecule has 0 atom stereocenters. The van der Waals surface area contributed by atoms with Crippen LogP contribution in [-0.2, 0) is 6.54 Å². The van der Waals surface area contributed by atoms with E-state index in [2.05, 4.69) is 41.4 Å². The van der Waals surface area contributed by atoms with Crippen molar-refractivity contribution in [2.75, 3.05) is 23.3 Å². The monoisotopic (exact) mass is 413 g/mol. The van der Waals surface area contributed by atoms with Crippen molar-refractivity contribution in [2.45, 2.75) is 32.7 Å². The lowest BCUT2D eigenvalue weighted by molar-refractivity contribution is 0.101. The predicted molar refractivity (Wildman–Crippen MR) is 125 cm³/mol. The molecule has 0 radical (unpaired) electrons. The van der Waals surface area contributed by atoms with Gasteiger partial charge >= 0.3 is 0 Å². The molecule has 2 aromatic carbocycles. The molecule has 1 saturated heterocycles. The number of carbonyl (C=O) groups excluding carboxylic acids is 1. The third kappa shape index (κ3) is 3.96. The zero-order chi connectivity index (χ0) is 21.2. The maximum atomic E-state index is 13.2. The second-order valence-corrected chi connectivity index (χ2v) is 8.26. The number of anilines is 2. The molecule has 3 heterocycles. The number of furan rings is 1. The lowest BCUT2D eigenvalue weighted by atomic mass is 10.1. The molecule has 158 valence electrons. The van der Waals surface area contributed by atoms with Crippen LogP contribution in [0.4, 0.5) is 11.4 Å². The summed E-state index contributed by atoms with van der Waals surface area (Å²) in [5, 5.41) is 3.06. The van der Waals surface area contributed by atoms with Crippen molar-refractivity contribution in [3.63, 3.8) is 0 Å². The number of nitrogens with zero attached hydrogens (tertiary/aromatic N) is 2. The van der Waals surface area contributed by atoms with E-state index in [-0.39, 0.29) is 5.91 Å². The topological polar surface area (TPSA) is 50.4 Å². The average molecular weight is 414 g/mol. The number of rotatable bonds is 5. The molecule has 2 aromatic heterocycles. The Morgan fingerprint density at radius 2 is 1.77 bits per heavy atom. The Labute approximate surface area is 182 Å². The Morgan fingerprint density at radius 1 is 1.00 bits per heavy atom. The van der Waals surface area contributed by atoms with Gasteiger partial charge in [0.05, 0.1) is 11.8 Å². The fourth-order valence-electron chi connectivity index (χ4n) is 4.40. The predicted octanol–water partition coefficient (Wildman–Crippen LogP) is 5.83. The second kappa shape index (κ2) is 8.34. The van der Waals surface area contributed by atoms with E-state index in [9.17, 15) is 4.79 Å². The molecule has 5 heteroatoms. The molecule has 1 aliphatic heterocycles. The standard InChI is InChI=1S/C26H27N3O2/c1-19-7-3-4-8-20(19)18-29-23-13-16-31-25(23)17-24(29)26(30)27-21-9-11-22(12-10-21)28-14-5-2-6-15-28/h3-4,7-13,16-17H,2,5-6,14-15,18H2,1H3,(H,27,30). The molecule has 1 aliphatic rings. The number of hydrogen-bond donors (Lipinski definition) is 1. The van der Waals surface area contributed by atoms with Gasteiger partial charge in [-0.2, -0.15) is 0 Å². The van der Waals surface area contributed by atoms with Crippen molar-refractivity contribution in [3.05, 3.63) is 83.7 Å². The Kier molecular flexibility index (Phi) is 5.24. The highest BCUT2D eigenvalue weighted by atomic mass is 16.3. The minimum Gasteiger partial charge on any atom is -0.463 e. The van der Waals surface area contributed by atoms with Gasteiger partial charge in [0, 0.05) is 43.1 Å². The smallest absolute Gasteiger partial charge is 0.272 e. The van der Waals surface area contributed by atoms with Crippen LogP contribution >= 0.6 is 0 Å². The Balaban J connectivity index is 1.38. The van der Waals surface area contributed by atoms with Crippen LogP contribution in [0, 0.1) is 6.92 Å². The Bertz CT molecular complexity index is 1200. The fraction of sp³-hybridized carbons (Fsp3) is 0.269. The highest BCUT2D eigenvalue weighted by Gasteiger charge is 2.19. The van der Waals surface area contributed by atoms with Crippen LogP contribution in [0.5, 0.6) is 0 Å². The Hall–Kier alpha value is -3.47. The van der Waals surface area contributed by atoms with E-state index in [1.54, 1.807) is 6.26 Å². The summed E-state index contributed by atoms with van der Waals surface area (Å²) in [5.74, 6) is -0.134. The molecule has 1 fully saturated rings. The third-order valence-corrected chi connectivity index (χ3v) is 6.19. The molecule has 31 heavy (non-hydrogen) atoms.